The molecule has 0 heterocycles. The van der Waals surface area contributed by atoms with E-state index in [1.165, 1.54) is 10.6 Å². The third-order valence-corrected chi connectivity index (χ3v) is 6.89. The third-order valence-electron chi connectivity index (χ3n) is 6.89. The van der Waals surface area contributed by atoms with E-state index in [-0.39, 0.29) is 12.8 Å². The van der Waals surface area contributed by atoms with E-state index in [4.69, 9.17) is 0 Å². The lowest BCUT2D eigenvalue weighted by Gasteiger charge is -2.35. The topological polar surface area (TPSA) is 58.2 Å². The average Bonchev–Trinajstić information content (AvgIpc) is 2.90. The Bertz CT molecular complexity index is 648. The van der Waals surface area contributed by atoms with Gasteiger partial charge < -0.3 is 10.6 Å². The van der Waals surface area contributed by atoms with Crippen molar-refractivity contribution < 1.29 is 44.7 Å². The number of hydrogen-bond donors (Lipinski definition) is 2. The van der Waals surface area contributed by atoms with Crippen molar-refractivity contribution >= 4 is 11.8 Å². The zero-order valence-corrected chi connectivity index (χ0v) is 24.0. The van der Waals surface area contributed by atoms with Crippen LogP contribution in [0.25, 0.3) is 0 Å². The summed E-state index contributed by atoms with van der Waals surface area (Å²) in [4.78, 5) is 23.3. The summed E-state index contributed by atoms with van der Waals surface area (Å²) >= 11 is 0. The highest BCUT2D eigenvalue weighted by Crippen LogP contribution is 2.52. The maximum Gasteiger partial charge on any atom is 0.392 e. The molecule has 0 saturated heterocycles. The molecule has 0 aromatic rings. The number of carbonyl (C=O) groups is 2. The van der Waals surface area contributed by atoms with Crippen LogP contribution in [0.5, 0.6) is 0 Å². The third kappa shape index (κ3) is 12.1. The highest BCUT2D eigenvalue weighted by molar-refractivity contribution is 5.87. The molecule has 0 unspecified atom stereocenters. The molecule has 0 bridgehead atoms. The smallest absolute Gasteiger partial charge is 0.351 e. The molecule has 40 heavy (non-hydrogen) atoms. The molecule has 238 valence electrons. The Morgan fingerprint density at radius 1 is 0.425 bits per heavy atom. The second-order valence-corrected chi connectivity index (χ2v) is 10.5. The standard InChI is InChI=1S/C28H48F8N2O2/c1-3-5-7-9-11-13-15-17-19-21-37-23(39)25(29,30)27(33,34)28(35,36)26(31,32)24(40)38-22-20-18-16-14-12-10-8-6-4-2/h3-22H2,1-2H3,(H,37,39)(H,38,40). The number of halogens is 8. The van der Waals surface area contributed by atoms with E-state index in [1.54, 1.807) is 0 Å². The van der Waals surface area contributed by atoms with E-state index in [0.717, 1.165) is 77.0 Å². The number of hydrogen-bond acceptors (Lipinski definition) is 2. The first-order chi connectivity index (χ1) is 18.7. The quantitative estimate of drug-likeness (QED) is 0.0817. The minimum absolute atomic E-state index is 0.121. The number of nitrogens with one attached hydrogen (secondary N) is 2. The van der Waals surface area contributed by atoms with Gasteiger partial charge in [-0.25, -0.2) is 0 Å². The first kappa shape index (κ1) is 38.4. The fraction of sp³-hybridized carbons (Fsp3) is 0.929. The van der Waals surface area contributed by atoms with E-state index in [2.05, 4.69) is 13.8 Å². The van der Waals surface area contributed by atoms with E-state index in [9.17, 15) is 44.7 Å². The molecule has 0 aliphatic rings. The lowest BCUT2D eigenvalue weighted by molar-refractivity contribution is -0.347. The second kappa shape index (κ2) is 19.5. The summed E-state index contributed by atoms with van der Waals surface area (Å²) in [5, 5.41) is 2.85. The van der Waals surface area contributed by atoms with Gasteiger partial charge in [-0.2, -0.15) is 35.1 Å². The molecule has 0 aliphatic carbocycles. The van der Waals surface area contributed by atoms with E-state index < -0.39 is 48.6 Å². The summed E-state index contributed by atoms with van der Waals surface area (Å²) in [6, 6.07) is 0. The van der Waals surface area contributed by atoms with E-state index >= 15 is 0 Å². The molecule has 0 saturated carbocycles. The van der Waals surface area contributed by atoms with Gasteiger partial charge in [0, 0.05) is 13.1 Å². The Labute approximate surface area is 233 Å². The maximum absolute atomic E-state index is 14.1. The highest BCUT2D eigenvalue weighted by atomic mass is 19.4. The van der Waals surface area contributed by atoms with Crippen LogP contribution >= 0.6 is 0 Å². The number of alkyl halides is 8. The monoisotopic (exact) mass is 596 g/mol. The number of carbonyl (C=O) groups excluding carboxylic acids is 2. The Morgan fingerprint density at radius 2 is 0.650 bits per heavy atom. The largest absolute Gasteiger partial charge is 0.392 e. The van der Waals surface area contributed by atoms with Crippen LogP contribution in [0.3, 0.4) is 0 Å². The summed E-state index contributed by atoms with van der Waals surface area (Å²) < 4.78 is 113. The molecule has 0 spiro atoms. The van der Waals surface area contributed by atoms with E-state index in [0.29, 0.717) is 25.7 Å². The molecule has 0 atom stereocenters. The van der Waals surface area contributed by atoms with Gasteiger partial charge in [-0.3, -0.25) is 9.59 Å². The first-order valence-electron chi connectivity index (χ1n) is 14.8. The minimum atomic E-state index is -6.83. The normalized spacial score (nSPS) is 12.9. The van der Waals surface area contributed by atoms with Gasteiger partial charge in [-0.05, 0) is 12.8 Å². The van der Waals surface area contributed by atoms with Crippen molar-refractivity contribution in [3.63, 3.8) is 0 Å². The van der Waals surface area contributed by atoms with E-state index in [1.807, 2.05) is 0 Å². The Kier molecular flexibility index (Phi) is 18.7. The zero-order valence-electron chi connectivity index (χ0n) is 24.0. The predicted molar refractivity (Wildman–Crippen MR) is 140 cm³/mol. The van der Waals surface area contributed by atoms with Gasteiger partial charge in [-0.15, -0.1) is 0 Å². The van der Waals surface area contributed by atoms with Crippen LogP contribution in [-0.2, 0) is 9.59 Å². The predicted octanol–water partition coefficient (Wildman–Crippen LogP) is 8.82. The Hall–Kier alpha value is -1.62. The minimum Gasteiger partial charge on any atom is -0.351 e. The number of rotatable bonds is 25. The maximum atomic E-state index is 14.1. The fourth-order valence-electron chi connectivity index (χ4n) is 4.18. The van der Waals surface area contributed by atoms with Gasteiger partial charge in [0.1, 0.15) is 0 Å². The van der Waals surface area contributed by atoms with Crippen molar-refractivity contribution in [1.29, 1.82) is 0 Å². The molecule has 0 aromatic carbocycles. The zero-order chi connectivity index (χ0) is 30.7. The van der Waals surface area contributed by atoms with Crippen LogP contribution in [0.4, 0.5) is 35.1 Å². The number of amides is 2. The summed E-state index contributed by atoms with van der Waals surface area (Å²) in [5.41, 5.74) is 0. The van der Waals surface area contributed by atoms with Gasteiger partial charge in [-0.1, -0.05) is 117 Å². The van der Waals surface area contributed by atoms with Crippen LogP contribution in [0.15, 0.2) is 0 Å². The highest BCUT2D eigenvalue weighted by Gasteiger charge is 2.84. The van der Waals surface area contributed by atoms with Gasteiger partial charge in [0.2, 0.25) is 0 Å². The Morgan fingerprint density at radius 3 is 0.900 bits per heavy atom. The van der Waals surface area contributed by atoms with Crippen molar-refractivity contribution in [2.75, 3.05) is 13.1 Å². The SMILES string of the molecule is CCCCCCCCCCCNC(=O)C(F)(F)C(F)(F)C(F)(F)C(F)(F)C(=O)NCCCCCCCCCCC. The summed E-state index contributed by atoms with van der Waals surface area (Å²) in [5.74, 6) is -31.6. The summed E-state index contributed by atoms with van der Waals surface area (Å²) in [7, 11) is 0. The average molecular weight is 597 g/mol. The van der Waals surface area contributed by atoms with Crippen molar-refractivity contribution in [1.82, 2.24) is 10.6 Å². The van der Waals surface area contributed by atoms with Gasteiger partial charge in [0.15, 0.2) is 0 Å². The molecule has 0 fully saturated rings. The molecule has 0 rings (SSSR count). The molecular formula is C28H48F8N2O2. The Balaban J connectivity index is 4.67. The molecule has 4 nitrogen and oxygen atoms in total. The van der Waals surface area contributed by atoms with Crippen LogP contribution in [0.2, 0.25) is 0 Å². The molecule has 2 N–H and O–H groups in total. The van der Waals surface area contributed by atoms with Gasteiger partial charge >= 0.3 is 23.7 Å². The van der Waals surface area contributed by atoms with Crippen molar-refractivity contribution in [2.45, 2.75) is 153 Å². The van der Waals surface area contributed by atoms with Crippen molar-refractivity contribution in [2.24, 2.45) is 0 Å². The van der Waals surface area contributed by atoms with Gasteiger partial charge in [0.05, 0.1) is 0 Å². The molecule has 0 radical (unpaired) electrons. The lowest BCUT2D eigenvalue weighted by atomic mass is 9.97. The van der Waals surface area contributed by atoms with Crippen molar-refractivity contribution in [3.8, 4) is 0 Å². The van der Waals surface area contributed by atoms with Crippen molar-refractivity contribution in [3.05, 3.63) is 0 Å². The first-order valence-corrected chi connectivity index (χ1v) is 14.8. The van der Waals surface area contributed by atoms with Crippen LogP contribution < -0.4 is 10.6 Å². The number of unbranched alkanes of at least 4 members (excludes halogenated alkanes) is 16. The summed E-state index contributed by atoms with van der Waals surface area (Å²) in [6.07, 6.45) is 15.0. The lowest BCUT2D eigenvalue weighted by Crippen LogP contribution is -2.69. The molecular weight excluding hydrogens is 548 g/mol. The molecule has 2 amide bonds. The second-order valence-electron chi connectivity index (χ2n) is 10.5. The molecule has 0 aliphatic heterocycles. The van der Waals surface area contributed by atoms with Crippen LogP contribution in [0.1, 0.15) is 129 Å². The summed E-state index contributed by atoms with van der Waals surface area (Å²) in [6.45, 7) is 3.14. The van der Waals surface area contributed by atoms with Crippen LogP contribution in [0, 0.1) is 0 Å². The molecule has 12 heteroatoms. The fourth-order valence-corrected chi connectivity index (χ4v) is 4.18. The molecule has 0 aromatic heterocycles. The van der Waals surface area contributed by atoms with Crippen LogP contribution in [-0.4, -0.2) is 48.6 Å². The van der Waals surface area contributed by atoms with Gasteiger partial charge in [0.25, 0.3) is 11.8 Å².